The molecule has 142 valence electrons. The Bertz CT molecular complexity index is 987. The zero-order valence-electron chi connectivity index (χ0n) is 15.6. The number of aromatic nitrogens is 2. The third-order valence-corrected chi connectivity index (χ3v) is 4.09. The molecule has 0 aliphatic rings. The predicted octanol–water partition coefficient (Wildman–Crippen LogP) is 2.98. The molecule has 3 rings (SSSR count). The second-order valence-electron chi connectivity index (χ2n) is 6.07. The monoisotopic (exact) mass is 376 g/mol. The molecule has 0 fully saturated rings. The summed E-state index contributed by atoms with van der Waals surface area (Å²) in [6, 6.07) is 14.5. The Balaban J connectivity index is 1.73. The third-order valence-electron chi connectivity index (χ3n) is 4.09. The van der Waals surface area contributed by atoms with Crippen molar-refractivity contribution in [2.24, 2.45) is 0 Å². The SMILES string of the molecule is COc1ccccc1CNC(=O)c1nccnc1NC(=O)c1ccc(C)cc1. The first-order valence-corrected chi connectivity index (χ1v) is 8.67. The van der Waals surface area contributed by atoms with E-state index in [9.17, 15) is 9.59 Å². The summed E-state index contributed by atoms with van der Waals surface area (Å²) in [5.41, 5.74) is 2.38. The van der Waals surface area contributed by atoms with Crippen LogP contribution in [0.1, 0.15) is 32.0 Å². The normalized spacial score (nSPS) is 10.2. The molecule has 0 aliphatic carbocycles. The van der Waals surface area contributed by atoms with Crippen LogP contribution in [-0.4, -0.2) is 28.9 Å². The number of methoxy groups -OCH3 is 1. The Morgan fingerprint density at radius 1 is 0.964 bits per heavy atom. The number of carbonyl (C=O) groups is 2. The molecule has 2 amide bonds. The first-order valence-electron chi connectivity index (χ1n) is 8.67. The Hall–Kier alpha value is -3.74. The molecule has 0 spiro atoms. The van der Waals surface area contributed by atoms with Gasteiger partial charge in [-0.1, -0.05) is 35.9 Å². The van der Waals surface area contributed by atoms with Gasteiger partial charge in [-0.3, -0.25) is 9.59 Å². The summed E-state index contributed by atoms with van der Waals surface area (Å²) in [4.78, 5) is 33.2. The molecular formula is C21H20N4O3. The van der Waals surface area contributed by atoms with Crippen LogP contribution >= 0.6 is 0 Å². The van der Waals surface area contributed by atoms with E-state index in [0.29, 0.717) is 11.3 Å². The number of ether oxygens (including phenoxy) is 1. The van der Waals surface area contributed by atoms with Crippen molar-refractivity contribution in [3.63, 3.8) is 0 Å². The number of hydrogen-bond donors (Lipinski definition) is 2. The maximum absolute atomic E-state index is 12.6. The van der Waals surface area contributed by atoms with Gasteiger partial charge in [0.1, 0.15) is 5.75 Å². The fraction of sp³-hybridized carbons (Fsp3) is 0.143. The molecule has 0 saturated heterocycles. The molecule has 0 aliphatic heterocycles. The lowest BCUT2D eigenvalue weighted by molar-refractivity contribution is 0.0946. The summed E-state index contributed by atoms with van der Waals surface area (Å²) < 4.78 is 5.28. The summed E-state index contributed by atoms with van der Waals surface area (Å²) in [5.74, 6) is -0.0297. The molecule has 0 radical (unpaired) electrons. The number of carbonyl (C=O) groups excluding carboxylic acids is 2. The van der Waals surface area contributed by atoms with Gasteiger partial charge in [0, 0.05) is 30.1 Å². The number of anilines is 1. The number of aryl methyl sites for hydroxylation is 1. The van der Waals surface area contributed by atoms with E-state index < -0.39 is 5.91 Å². The largest absolute Gasteiger partial charge is 0.496 e. The summed E-state index contributed by atoms with van der Waals surface area (Å²) in [7, 11) is 1.57. The van der Waals surface area contributed by atoms with Crippen LogP contribution in [0.25, 0.3) is 0 Å². The zero-order valence-corrected chi connectivity index (χ0v) is 15.6. The van der Waals surface area contributed by atoms with Crippen molar-refractivity contribution in [2.45, 2.75) is 13.5 Å². The highest BCUT2D eigenvalue weighted by Crippen LogP contribution is 2.17. The fourth-order valence-corrected chi connectivity index (χ4v) is 2.59. The first-order chi connectivity index (χ1) is 13.6. The third kappa shape index (κ3) is 4.50. The van der Waals surface area contributed by atoms with Crippen molar-refractivity contribution in [3.8, 4) is 5.75 Å². The van der Waals surface area contributed by atoms with Gasteiger partial charge in [0.25, 0.3) is 11.8 Å². The highest BCUT2D eigenvalue weighted by molar-refractivity contribution is 6.07. The summed E-state index contributed by atoms with van der Waals surface area (Å²) >= 11 is 0. The molecule has 7 nitrogen and oxygen atoms in total. The van der Waals surface area contributed by atoms with E-state index in [2.05, 4.69) is 20.6 Å². The average Bonchev–Trinajstić information content (AvgIpc) is 2.73. The van der Waals surface area contributed by atoms with Crippen molar-refractivity contribution >= 4 is 17.6 Å². The van der Waals surface area contributed by atoms with Crippen LogP contribution in [0.2, 0.25) is 0 Å². The number of nitrogens with one attached hydrogen (secondary N) is 2. The zero-order chi connectivity index (χ0) is 19.9. The smallest absolute Gasteiger partial charge is 0.274 e. The minimum atomic E-state index is -0.446. The fourth-order valence-electron chi connectivity index (χ4n) is 2.59. The minimum Gasteiger partial charge on any atom is -0.496 e. The van der Waals surface area contributed by atoms with Crippen molar-refractivity contribution < 1.29 is 14.3 Å². The lowest BCUT2D eigenvalue weighted by Crippen LogP contribution is -2.26. The van der Waals surface area contributed by atoms with Gasteiger partial charge >= 0.3 is 0 Å². The number of benzene rings is 2. The van der Waals surface area contributed by atoms with Crippen molar-refractivity contribution in [2.75, 3.05) is 12.4 Å². The van der Waals surface area contributed by atoms with Gasteiger partial charge in [-0.15, -0.1) is 0 Å². The van der Waals surface area contributed by atoms with E-state index in [0.717, 1.165) is 11.1 Å². The number of nitrogens with zero attached hydrogens (tertiary/aromatic N) is 2. The van der Waals surface area contributed by atoms with Crippen molar-refractivity contribution in [1.29, 1.82) is 0 Å². The molecular weight excluding hydrogens is 356 g/mol. The van der Waals surface area contributed by atoms with E-state index in [4.69, 9.17) is 4.74 Å². The Labute approximate surface area is 162 Å². The van der Waals surface area contributed by atoms with E-state index >= 15 is 0 Å². The number of hydrogen-bond acceptors (Lipinski definition) is 5. The van der Waals surface area contributed by atoms with Gasteiger partial charge in [-0.2, -0.15) is 0 Å². The molecule has 7 heteroatoms. The van der Waals surface area contributed by atoms with E-state index in [1.54, 1.807) is 19.2 Å². The van der Waals surface area contributed by atoms with Gasteiger partial charge in [-0.25, -0.2) is 9.97 Å². The second kappa shape index (κ2) is 8.77. The highest BCUT2D eigenvalue weighted by Gasteiger charge is 2.17. The van der Waals surface area contributed by atoms with Gasteiger partial charge in [-0.05, 0) is 25.1 Å². The van der Waals surface area contributed by atoms with Crippen LogP contribution in [0, 0.1) is 6.92 Å². The molecule has 1 aromatic heterocycles. The number of rotatable bonds is 6. The van der Waals surface area contributed by atoms with E-state index in [1.165, 1.54) is 12.4 Å². The number of amides is 2. The van der Waals surface area contributed by atoms with Crippen molar-refractivity contribution in [3.05, 3.63) is 83.3 Å². The van der Waals surface area contributed by atoms with E-state index in [1.807, 2.05) is 43.3 Å². The Kier molecular flexibility index (Phi) is 5.96. The average molecular weight is 376 g/mol. The summed E-state index contributed by atoms with van der Waals surface area (Å²) in [6.07, 6.45) is 2.82. The highest BCUT2D eigenvalue weighted by atomic mass is 16.5. The van der Waals surface area contributed by atoms with Crippen LogP contribution in [0.4, 0.5) is 5.82 Å². The Morgan fingerprint density at radius 2 is 1.68 bits per heavy atom. The van der Waals surface area contributed by atoms with E-state index in [-0.39, 0.29) is 24.0 Å². The van der Waals surface area contributed by atoms with Crippen LogP contribution < -0.4 is 15.4 Å². The number of para-hydroxylation sites is 1. The molecule has 1 heterocycles. The lowest BCUT2D eigenvalue weighted by atomic mass is 10.1. The minimum absolute atomic E-state index is 0.0397. The van der Waals surface area contributed by atoms with Gasteiger partial charge in [0.05, 0.1) is 7.11 Å². The quantitative estimate of drug-likeness (QED) is 0.690. The lowest BCUT2D eigenvalue weighted by Gasteiger charge is -2.11. The van der Waals surface area contributed by atoms with Gasteiger partial charge < -0.3 is 15.4 Å². The molecule has 28 heavy (non-hydrogen) atoms. The second-order valence-corrected chi connectivity index (χ2v) is 6.07. The predicted molar refractivity (Wildman–Crippen MR) is 105 cm³/mol. The summed E-state index contributed by atoms with van der Waals surface area (Å²) in [5, 5.41) is 5.43. The molecule has 0 saturated carbocycles. The van der Waals surface area contributed by atoms with Gasteiger partial charge in [0.2, 0.25) is 0 Å². The molecule has 2 aromatic carbocycles. The topological polar surface area (TPSA) is 93.2 Å². The van der Waals surface area contributed by atoms with Crippen LogP contribution in [0.3, 0.4) is 0 Å². The molecule has 2 N–H and O–H groups in total. The Morgan fingerprint density at radius 3 is 2.43 bits per heavy atom. The molecule has 0 bridgehead atoms. The van der Waals surface area contributed by atoms with Crippen LogP contribution in [0.15, 0.2) is 60.9 Å². The van der Waals surface area contributed by atoms with Gasteiger partial charge in [0.15, 0.2) is 11.5 Å². The molecule has 3 aromatic rings. The maximum atomic E-state index is 12.6. The van der Waals surface area contributed by atoms with Crippen LogP contribution in [0.5, 0.6) is 5.75 Å². The molecule has 0 atom stereocenters. The summed E-state index contributed by atoms with van der Waals surface area (Å²) in [6.45, 7) is 2.19. The standard InChI is InChI=1S/C21H20N4O3/c1-14-7-9-15(10-8-14)20(26)25-19-18(22-11-12-23-19)21(27)24-13-16-5-3-4-6-17(16)28-2/h3-12H,13H2,1-2H3,(H,24,27)(H,23,25,26). The maximum Gasteiger partial charge on any atom is 0.274 e. The van der Waals surface area contributed by atoms with Crippen LogP contribution in [-0.2, 0) is 6.54 Å². The first kappa shape index (κ1) is 19.0. The molecule has 0 unspecified atom stereocenters. The van der Waals surface area contributed by atoms with Crippen molar-refractivity contribution in [1.82, 2.24) is 15.3 Å².